The average Bonchev–Trinajstić information content (AvgIpc) is 0.765. The highest BCUT2D eigenvalue weighted by molar-refractivity contribution is 7.88. The van der Waals surface area contributed by atoms with E-state index >= 15 is 0 Å². The predicted octanol–water partition coefficient (Wildman–Crippen LogP) is 13.7. The number of aromatic nitrogens is 4. The maximum atomic E-state index is 14.2. The Morgan fingerprint density at radius 1 is 0.433 bits per heavy atom. The Hall–Kier alpha value is -9.11. The van der Waals surface area contributed by atoms with Crippen molar-refractivity contribution >= 4 is 41.9 Å². The van der Waals surface area contributed by atoms with Crippen LogP contribution >= 0.6 is 0 Å². The molecule has 2 aromatic heterocycles. The highest BCUT2D eigenvalue weighted by Crippen LogP contribution is 2.51. The molecule has 0 aliphatic carbocycles. The second-order valence-electron chi connectivity index (χ2n) is 22.4. The number of nitrogens with zero attached hydrogens (tertiary/aromatic N) is 2. The molecule has 0 atom stereocenters. The van der Waals surface area contributed by atoms with Gasteiger partial charge in [0.2, 0.25) is 0 Å². The maximum absolute atomic E-state index is 14.2. The van der Waals surface area contributed by atoms with Crippen molar-refractivity contribution in [2.75, 3.05) is 14.2 Å². The molecule has 0 saturated carbocycles. The molecule has 97 heavy (non-hydrogen) atoms. The largest absolute Gasteiger partial charge is 0.508 e. The summed E-state index contributed by atoms with van der Waals surface area (Å²) in [5, 5.41) is -1.63. The first kappa shape index (κ1) is 76.9. The van der Waals surface area contributed by atoms with Crippen molar-refractivity contribution in [1.82, 2.24) is 19.1 Å². The summed E-state index contributed by atoms with van der Waals surface area (Å²) < 4.78 is 301. The fourth-order valence-electron chi connectivity index (χ4n) is 8.60. The number of nitrogens with one attached hydrogen (secondary N) is 2. The third-order valence-electron chi connectivity index (χ3n) is 13.3. The van der Waals surface area contributed by atoms with Gasteiger partial charge in [0.15, 0.2) is 0 Å². The number of aromatic amines is 2. The summed E-state index contributed by atoms with van der Waals surface area (Å²) in [6.45, 7) is 11.9. The van der Waals surface area contributed by atoms with Gasteiger partial charge in [-0.1, -0.05) is 81.8 Å². The molecular formula is C58H47F19N4O14S2. The first-order chi connectivity index (χ1) is 43.9. The number of ether oxygens (including phenoxy) is 4. The van der Waals surface area contributed by atoms with E-state index in [0.29, 0.717) is 33.8 Å². The Labute approximate surface area is 532 Å². The lowest BCUT2D eigenvalue weighted by molar-refractivity contribution is -0.476. The van der Waals surface area contributed by atoms with Crippen molar-refractivity contribution < 1.29 is 128 Å². The van der Waals surface area contributed by atoms with Gasteiger partial charge < -0.3 is 18.8 Å². The minimum Gasteiger partial charge on any atom is -0.508 e. The smallest absolute Gasteiger partial charge is 0.483 e. The van der Waals surface area contributed by atoms with E-state index in [1.807, 2.05) is 61.9 Å². The zero-order valence-corrected chi connectivity index (χ0v) is 51.8. The summed E-state index contributed by atoms with van der Waals surface area (Å²) in [7, 11) is -11.4. The molecule has 3 N–H and O–H groups in total. The molecule has 39 heteroatoms. The summed E-state index contributed by atoms with van der Waals surface area (Å²) in [5.41, 5.74) is 2.05. The average molecular weight is 1450 g/mol. The molecule has 0 radical (unpaired) electrons. The number of benzene rings is 6. The number of methoxy groups -OCH3 is 2. The Kier molecular flexibility index (Phi) is 20.9. The van der Waals surface area contributed by atoms with Crippen LogP contribution in [0.1, 0.15) is 52.7 Å². The molecule has 0 bridgehead atoms. The molecule has 0 spiro atoms. The lowest BCUT2D eigenvalue weighted by Crippen LogP contribution is -2.55. The topological polar surface area (TPSA) is 244 Å². The van der Waals surface area contributed by atoms with Crippen molar-refractivity contribution in [2.45, 2.75) is 99.7 Å². The fourth-order valence-corrected chi connectivity index (χ4v) is 9.72. The molecule has 0 unspecified atom stereocenters. The van der Waals surface area contributed by atoms with Crippen LogP contribution in [0.2, 0.25) is 0 Å². The van der Waals surface area contributed by atoms with Crippen molar-refractivity contribution in [3.05, 3.63) is 174 Å². The number of H-pyrrole nitrogens is 2. The number of phenols is 1. The number of halogens is 19. The number of alkyl halides is 18. The molecule has 0 aliphatic heterocycles. The zero-order valence-electron chi connectivity index (χ0n) is 50.2. The lowest BCUT2D eigenvalue weighted by atomic mass is 9.83. The number of rotatable bonds is 16. The number of hydrogen-bond donors (Lipinski definition) is 3. The van der Waals surface area contributed by atoms with Gasteiger partial charge in [-0.05, 0) is 104 Å². The highest BCUT2D eigenvalue weighted by atomic mass is 32.3. The molecule has 0 amide bonds. The van der Waals surface area contributed by atoms with Gasteiger partial charge in [0.05, 0.1) is 25.6 Å². The number of aromatic hydroxyl groups is 1. The number of phenolic OH excluding ortho intramolecular Hbond substituents is 1. The first-order valence-electron chi connectivity index (χ1n) is 26.5. The summed E-state index contributed by atoms with van der Waals surface area (Å²) in [6, 6.07) is 27.6. The van der Waals surface area contributed by atoms with Crippen LogP contribution in [0, 0.1) is 0 Å². The third-order valence-corrected chi connectivity index (χ3v) is 15.4. The third kappa shape index (κ3) is 16.3. The molecule has 0 fully saturated rings. The van der Waals surface area contributed by atoms with E-state index < -0.39 is 101 Å². The van der Waals surface area contributed by atoms with Crippen LogP contribution in [0.3, 0.4) is 0 Å². The van der Waals surface area contributed by atoms with Gasteiger partial charge >= 0.3 is 79.0 Å². The Balaban J connectivity index is 0.000000258. The lowest BCUT2D eigenvalue weighted by Gasteiger charge is -2.29. The van der Waals surface area contributed by atoms with E-state index in [0.717, 1.165) is 57.5 Å². The molecule has 0 aliphatic rings. The molecule has 18 nitrogen and oxygen atoms in total. The van der Waals surface area contributed by atoms with Crippen molar-refractivity contribution in [1.29, 1.82) is 0 Å². The highest BCUT2D eigenvalue weighted by Gasteiger charge is 2.77. The van der Waals surface area contributed by atoms with Crippen LogP contribution in [0.15, 0.2) is 141 Å². The van der Waals surface area contributed by atoms with Crippen LogP contribution in [0.5, 0.6) is 23.0 Å². The quantitative estimate of drug-likeness (QED) is 0.0463. The maximum Gasteiger partial charge on any atom is 0.483 e. The van der Waals surface area contributed by atoms with Crippen LogP contribution in [-0.2, 0) is 40.6 Å². The number of hydrogen-bond acceptors (Lipinski definition) is 14. The Morgan fingerprint density at radius 2 is 0.784 bits per heavy atom. The SMILES string of the molecule is COc1c(-c2ccc3cc(O)ccc3c2)cc(-n2ccc(=O)[nH]c2=O)cc1C(C)(C)C.COc1c(-c2ccc3cc(OS(=O)(=O)C(F)(F)C(F)(F)OC(F)(F)C(F)(F)F)ccc3c2)cc(-n2ccc(=O)[nH]c2=O)cc1C(C)(C)C.O=S(=O)(F)C(F)(F)C(F)(F)OC(F)(F)C(F)(F)F. The minimum absolute atomic E-state index is 0.0735. The van der Waals surface area contributed by atoms with Crippen LogP contribution in [0.4, 0.5) is 82.9 Å². The van der Waals surface area contributed by atoms with Gasteiger partial charge in [-0.15, -0.1) is 0 Å². The van der Waals surface area contributed by atoms with E-state index in [1.165, 1.54) is 57.6 Å². The second kappa shape index (κ2) is 26.4. The van der Waals surface area contributed by atoms with E-state index in [2.05, 4.69) is 34.9 Å². The van der Waals surface area contributed by atoms with Gasteiger partial charge in [0.1, 0.15) is 23.0 Å². The first-order valence-corrected chi connectivity index (χ1v) is 29.3. The van der Waals surface area contributed by atoms with Gasteiger partial charge in [-0.3, -0.25) is 28.7 Å². The number of fused-ring (bicyclic) bond motifs is 2. The van der Waals surface area contributed by atoms with Crippen molar-refractivity contribution in [3.8, 4) is 56.6 Å². The predicted molar refractivity (Wildman–Crippen MR) is 307 cm³/mol. The molecule has 8 aromatic rings. The van der Waals surface area contributed by atoms with E-state index in [-0.39, 0.29) is 21.9 Å². The van der Waals surface area contributed by atoms with Crippen LogP contribution in [-0.4, -0.2) is 103 Å². The second-order valence-corrected chi connectivity index (χ2v) is 25.3. The molecule has 6 aromatic carbocycles. The molecule has 2 heterocycles. The summed E-state index contributed by atoms with van der Waals surface area (Å²) in [6.07, 6.45) is -38.5. The van der Waals surface area contributed by atoms with E-state index in [4.69, 9.17) is 9.47 Å². The normalized spacial score (nSPS) is 13.4. The van der Waals surface area contributed by atoms with Crippen LogP contribution < -0.4 is 36.2 Å². The molecule has 0 saturated heterocycles. The minimum atomic E-state index is -7.49. The molecule has 8 rings (SSSR count). The van der Waals surface area contributed by atoms with Crippen molar-refractivity contribution in [2.24, 2.45) is 0 Å². The van der Waals surface area contributed by atoms with E-state index in [9.17, 15) is 124 Å². The zero-order chi connectivity index (χ0) is 73.8. The summed E-state index contributed by atoms with van der Waals surface area (Å²) >= 11 is 0. The van der Waals surface area contributed by atoms with Gasteiger partial charge in [-0.25, -0.2) is 19.1 Å². The van der Waals surface area contributed by atoms with Gasteiger partial charge in [-0.2, -0.15) is 95.9 Å². The van der Waals surface area contributed by atoms with E-state index in [1.54, 1.807) is 31.4 Å². The Morgan fingerprint density at radius 3 is 1.13 bits per heavy atom. The molecule has 528 valence electrons. The van der Waals surface area contributed by atoms with Gasteiger partial charge in [0.25, 0.3) is 11.1 Å². The standard InChI is InChI=1S/C29H23F9N2O7S.C25H24N2O4.C4F10O3S/c1-25(2,3)21-14-18(40-10-9-22(41)39-24(40)42)13-20(23(21)45-4)17-6-5-16-12-19(8-7-15(16)11-17)46-48(43,44)29(37,38)28(35,36)47-27(33,34)26(30,31)32;1-25(2,3)21-14-18(27-10-9-22(29)26-24(27)30)13-20(23(21)31-4)17-6-5-16-12-19(28)8-7-15(16)11-17;5-1(6,7)2(8,9)17-3(10,11)4(12,13)18(14,15)16/h5-14H,1-4H3,(H,39,41,42);5-14,28H,1-4H3,(H,26,29,30);. The van der Waals surface area contributed by atoms with Gasteiger partial charge in [0, 0.05) is 46.8 Å². The van der Waals surface area contributed by atoms with Crippen LogP contribution in [0.25, 0.3) is 55.2 Å². The Bertz CT molecular complexity index is 4790. The monoisotopic (exact) mass is 1450 g/mol. The summed E-state index contributed by atoms with van der Waals surface area (Å²) in [4.78, 5) is 52.6. The summed E-state index contributed by atoms with van der Waals surface area (Å²) in [5.74, 6) is 0.301. The fraction of sp³-hybridized carbons (Fsp3) is 0.310. The van der Waals surface area contributed by atoms with Crippen molar-refractivity contribution in [3.63, 3.8) is 0 Å². The molecular weight excluding hydrogens is 1400 g/mol.